The summed E-state index contributed by atoms with van der Waals surface area (Å²) < 4.78 is 5.82. The summed E-state index contributed by atoms with van der Waals surface area (Å²) in [7, 11) is 0. The average molecular weight is 323 g/mol. The van der Waals surface area contributed by atoms with E-state index in [9.17, 15) is 4.79 Å². The summed E-state index contributed by atoms with van der Waals surface area (Å²) in [4.78, 5) is 15.1. The highest BCUT2D eigenvalue weighted by Crippen LogP contribution is 2.32. The summed E-state index contributed by atoms with van der Waals surface area (Å²) in [6.45, 7) is 2.42. The number of hydrogen-bond acceptors (Lipinski definition) is 3. The number of hydrogen-bond donors (Lipinski definition) is 1. The molecule has 2 atom stereocenters. The van der Waals surface area contributed by atoms with Crippen LogP contribution >= 0.6 is 12.4 Å². The maximum atomic E-state index is 13.1. The molecule has 2 heterocycles. The van der Waals surface area contributed by atoms with Gasteiger partial charge in [0, 0.05) is 24.3 Å². The van der Waals surface area contributed by atoms with Gasteiger partial charge in [-0.15, -0.1) is 12.4 Å². The Labute approximate surface area is 137 Å². The number of benzene rings is 1. The number of anilines is 1. The van der Waals surface area contributed by atoms with Crippen molar-refractivity contribution in [2.75, 3.05) is 25.0 Å². The molecule has 4 rings (SSSR count). The van der Waals surface area contributed by atoms with Gasteiger partial charge in [0.25, 0.3) is 5.91 Å². The molecule has 0 bridgehead atoms. The highest BCUT2D eigenvalue weighted by molar-refractivity contribution is 5.97. The van der Waals surface area contributed by atoms with E-state index in [1.54, 1.807) is 0 Å². The first-order valence-corrected chi connectivity index (χ1v) is 8.13. The van der Waals surface area contributed by atoms with Crippen LogP contribution in [0.4, 0.5) is 5.69 Å². The van der Waals surface area contributed by atoms with E-state index in [0.717, 1.165) is 50.0 Å². The number of amides is 1. The number of carbonyl (C=O) groups is 1. The number of halogens is 1. The molecule has 1 aromatic carbocycles. The predicted molar refractivity (Wildman–Crippen MR) is 88.9 cm³/mol. The van der Waals surface area contributed by atoms with E-state index in [-0.39, 0.29) is 24.4 Å². The van der Waals surface area contributed by atoms with Gasteiger partial charge in [-0.05, 0) is 49.8 Å². The topological polar surface area (TPSA) is 41.6 Å². The van der Waals surface area contributed by atoms with Crippen molar-refractivity contribution in [1.29, 1.82) is 0 Å². The lowest BCUT2D eigenvalue weighted by atomic mass is 9.96. The van der Waals surface area contributed by atoms with Crippen molar-refractivity contribution in [3.8, 4) is 0 Å². The van der Waals surface area contributed by atoms with Crippen molar-refractivity contribution in [2.45, 2.75) is 44.2 Å². The van der Waals surface area contributed by atoms with E-state index in [0.29, 0.717) is 12.6 Å². The lowest BCUT2D eigenvalue weighted by Gasteiger charge is -2.38. The Morgan fingerprint density at radius 1 is 1.27 bits per heavy atom. The zero-order valence-electron chi connectivity index (χ0n) is 12.7. The first-order valence-electron chi connectivity index (χ1n) is 8.13. The Bertz CT molecular complexity index is 564. The van der Waals surface area contributed by atoms with E-state index in [4.69, 9.17) is 4.74 Å². The number of fused-ring (bicyclic) bond motifs is 2. The quantitative estimate of drug-likeness (QED) is 0.864. The average Bonchev–Trinajstić information content (AvgIpc) is 3.02. The summed E-state index contributed by atoms with van der Waals surface area (Å²) >= 11 is 0. The van der Waals surface area contributed by atoms with Crippen molar-refractivity contribution in [1.82, 2.24) is 4.90 Å². The molecule has 1 saturated carbocycles. The SMILES string of the molecule is Cl.O=C(c1cccc2c1CCCN2)N1CCOC2CCCC21. The molecule has 1 saturated heterocycles. The van der Waals surface area contributed by atoms with Crippen molar-refractivity contribution < 1.29 is 9.53 Å². The molecule has 22 heavy (non-hydrogen) atoms. The molecule has 2 fully saturated rings. The van der Waals surface area contributed by atoms with Crippen LogP contribution in [0.15, 0.2) is 18.2 Å². The zero-order chi connectivity index (χ0) is 14.2. The summed E-state index contributed by atoms with van der Waals surface area (Å²) in [6.07, 6.45) is 5.73. The third-order valence-electron chi connectivity index (χ3n) is 5.07. The molecule has 2 aliphatic heterocycles. The Morgan fingerprint density at radius 3 is 3.09 bits per heavy atom. The minimum absolute atomic E-state index is 0. The van der Waals surface area contributed by atoms with Crippen molar-refractivity contribution in [3.63, 3.8) is 0 Å². The standard InChI is InChI=1S/C17H22N2O2.ClH/c20-17(19-10-11-21-16-8-2-7-15(16)19)13-4-1-6-14-12(13)5-3-9-18-14;/h1,4,6,15-16,18H,2-3,5,7-11H2;1H. The van der Waals surface area contributed by atoms with Gasteiger partial charge >= 0.3 is 0 Å². The van der Waals surface area contributed by atoms with Gasteiger partial charge in [-0.25, -0.2) is 0 Å². The molecule has 1 amide bonds. The molecule has 0 spiro atoms. The van der Waals surface area contributed by atoms with Gasteiger partial charge in [0.1, 0.15) is 0 Å². The third kappa shape index (κ3) is 2.59. The third-order valence-corrected chi connectivity index (χ3v) is 5.07. The van der Waals surface area contributed by atoms with Crippen LogP contribution in [0.1, 0.15) is 41.6 Å². The van der Waals surface area contributed by atoms with Crippen LogP contribution in [0, 0.1) is 0 Å². The predicted octanol–water partition coefficient (Wildman–Crippen LogP) is 2.86. The van der Waals surface area contributed by atoms with Gasteiger partial charge < -0.3 is 15.0 Å². The molecule has 2 unspecified atom stereocenters. The molecule has 5 heteroatoms. The number of ether oxygens (including phenoxy) is 1. The first kappa shape index (κ1) is 15.6. The fourth-order valence-electron chi connectivity index (χ4n) is 4.04. The number of morpholine rings is 1. The lowest BCUT2D eigenvalue weighted by Crippen LogP contribution is -2.51. The highest BCUT2D eigenvalue weighted by atomic mass is 35.5. The number of carbonyl (C=O) groups excluding carboxylic acids is 1. The van der Waals surface area contributed by atoms with Crippen molar-refractivity contribution >= 4 is 24.0 Å². The van der Waals surface area contributed by atoms with Crippen LogP contribution in [0.5, 0.6) is 0 Å². The van der Waals surface area contributed by atoms with Crippen LogP contribution < -0.4 is 5.32 Å². The molecule has 1 aromatic rings. The van der Waals surface area contributed by atoms with Gasteiger partial charge in [-0.3, -0.25) is 4.79 Å². The minimum Gasteiger partial charge on any atom is -0.385 e. The van der Waals surface area contributed by atoms with Gasteiger partial charge in [0.05, 0.1) is 18.8 Å². The number of nitrogens with one attached hydrogen (secondary N) is 1. The fourth-order valence-corrected chi connectivity index (χ4v) is 4.04. The fraction of sp³-hybridized carbons (Fsp3) is 0.588. The molecule has 4 nitrogen and oxygen atoms in total. The molecule has 1 N–H and O–H groups in total. The van der Waals surface area contributed by atoms with Crippen molar-refractivity contribution in [3.05, 3.63) is 29.3 Å². The largest absolute Gasteiger partial charge is 0.385 e. The van der Waals surface area contributed by atoms with Crippen molar-refractivity contribution in [2.24, 2.45) is 0 Å². The number of nitrogens with zero attached hydrogens (tertiary/aromatic N) is 1. The maximum Gasteiger partial charge on any atom is 0.254 e. The van der Waals surface area contributed by atoms with Gasteiger partial charge in [0.2, 0.25) is 0 Å². The Balaban J connectivity index is 0.00000144. The van der Waals surface area contributed by atoms with E-state index >= 15 is 0 Å². The molecule has 3 aliphatic rings. The molecule has 1 aliphatic carbocycles. The van der Waals surface area contributed by atoms with Crippen LogP contribution in [0.3, 0.4) is 0 Å². The molecular weight excluding hydrogens is 300 g/mol. The molecular formula is C17H23ClN2O2. The second-order valence-electron chi connectivity index (χ2n) is 6.27. The normalized spacial score (nSPS) is 26.5. The van der Waals surface area contributed by atoms with Crippen LogP contribution in [-0.4, -0.2) is 42.6 Å². The molecule has 0 radical (unpaired) electrons. The maximum absolute atomic E-state index is 13.1. The van der Waals surface area contributed by atoms with Gasteiger partial charge in [0.15, 0.2) is 0 Å². The van der Waals surface area contributed by atoms with E-state index < -0.39 is 0 Å². The summed E-state index contributed by atoms with van der Waals surface area (Å²) in [5.74, 6) is 0.204. The van der Waals surface area contributed by atoms with Gasteiger partial charge in [-0.2, -0.15) is 0 Å². The highest BCUT2D eigenvalue weighted by Gasteiger charge is 2.39. The first-order chi connectivity index (χ1) is 10.3. The van der Waals surface area contributed by atoms with E-state index in [1.165, 1.54) is 12.0 Å². The Morgan fingerprint density at radius 2 is 2.18 bits per heavy atom. The monoisotopic (exact) mass is 322 g/mol. The smallest absolute Gasteiger partial charge is 0.254 e. The van der Waals surface area contributed by atoms with E-state index in [2.05, 4.69) is 16.3 Å². The minimum atomic E-state index is 0. The van der Waals surface area contributed by atoms with Crippen LogP contribution in [0.2, 0.25) is 0 Å². The zero-order valence-corrected chi connectivity index (χ0v) is 13.5. The summed E-state index contributed by atoms with van der Waals surface area (Å²) in [5.41, 5.74) is 3.24. The van der Waals surface area contributed by atoms with Crippen LogP contribution in [0.25, 0.3) is 0 Å². The van der Waals surface area contributed by atoms with Crippen LogP contribution in [-0.2, 0) is 11.2 Å². The second-order valence-corrected chi connectivity index (χ2v) is 6.27. The second kappa shape index (κ2) is 6.47. The Kier molecular flexibility index (Phi) is 4.59. The molecule has 120 valence electrons. The van der Waals surface area contributed by atoms with E-state index in [1.807, 2.05) is 12.1 Å². The van der Waals surface area contributed by atoms with Gasteiger partial charge in [-0.1, -0.05) is 6.07 Å². The Hall–Kier alpha value is -1.26. The lowest BCUT2D eigenvalue weighted by molar-refractivity contribution is -0.0445. The molecule has 0 aromatic heterocycles. The summed E-state index contributed by atoms with van der Waals surface area (Å²) in [5, 5.41) is 3.41. The number of rotatable bonds is 1. The summed E-state index contributed by atoms with van der Waals surface area (Å²) in [6, 6.07) is 6.37.